The third kappa shape index (κ3) is 3.75. The third-order valence-electron chi connectivity index (χ3n) is 3.32. The van der Waals surface area contributed by atoms with Crippen molar-refractivity contribution in [2.45, 2.75) is 4.90 Å². The first-order chi connectivity index (χ1) is 12.0. The summed E-state index contributed by atoms with van der Waals surface area (Å²) < 4.78 is 26.5. The lowest BCUT2D eigenvalue weighted by Crippen LogP contribution is -2.12. The summed E-state index contributed by atoms with van der Waals surface area (Å²) in [7, 11) is -1.44. The second-order valence-electron chi connectivity index (χ2n) is 5.05. The first-order valence-corrected chi connectivity index (χ1v) is 9.01. The molecule has 3 rings (SSSR count). The summed E-state index contributed by atoms with van der Waals surface area (Å²) in [5.74, 6) is -1.21. The van der Waals surface area contributed by atoms with Gasteiger partial charge in [-0.3, -0.25) is 9.00 Å². The quantitative estimate of drug-likeness (QED) is 0.757. The van der Waals surface area contributed by atoms with E-state index in [1.807, 2.05) is 0 Å². The Labute approximate surface area is 150 Å². The van der Waals surface area contributed by atoms with Crippen molar-refractivity contribution in [1.82, 2.24) is 15.0 Å². The molecule has 0 spiro atoms. The molecular formula is C16H12ClFN4O2S. The number of benzene rings is 2. The van der Waals surface area contributed by atoms with Gasteiger partial charge in [-0.25, -0.2) is 9.07 Å². The van der Waals surface area contributed by atoms with E-state index in [2.05, 4.69) is 15.6 Å². The number of hydrogen-bond donors (Lipinski definition) is 1. The van der Waals surface area contributed by atoms with E-state index in [0.29, 0.717) is 10.7 Å². The molecule has 0 saturated carbocycles. The molecule has 0 bridgehead atoms. The number of para-hydroxylation sites is 1. The minimum Gasteiger partial charge on any atom is -0.320 e. The maximum Gasteiger partial charge on any atom is 0.277 e. The molecule has 2 aromatic carbocycles. The number of carbonyl (C=O) groups is 1. The van der Waals surface area contributed by atoms with Crippen LogP contribution in [-0.4, -0.2) is 31.4 Å². The van der Waals surface area contributed by atoms with E-state index in [4.69, 9.17) is 11.6 Å². The molecule has 1 atom stereocenters. The smallest absolute Gasteiger partial charge is 0.277 e. The molecule has 0 aliphatic carbocycles. The number of hydrogen-bond acceptors (Lipinski definition) is 4. The number of nitrogens with one attached hydrogen (secondary N) is 1. The summed E-state index contributed by atoms with van der Waals surface area (Å²) in [6, 6.07) is 10.9. The fraction of sp³-hybridized carbons (Fsp3) is 0.0625. The van der Waals surface area contributed by atoms with Crippen molar-refractivity contribution >= 4 is 34.0 Å². The van der Waals surface area contributed by atoms with Crippen molar-refractivity contribution in [3.05, 3.63) is 65.2 Å². The van der Waals surface area contributed by atoms with Gasteiger partial charge in [-0.15, -0.1) is 5.10 Å². The van der Waals surface area contributed by atoms with Gasteiger partial charge < -0.3 is 5.32 Å². The van der Waals surface area contributed by atoms with Gasteiger partial charge in [0.1, 0.15) is 5.82 Å². The summed E-state index contributed by atoms with van der Waals surface area (Å²) in [6.07, 6.45) is 2.80. The van der Waals surface area contributed by atoms with Crippen molar-refractivity contribution in [2.24, 2.45) is 0 Å². The highest BCUT2D eigenvalue weighted by Crippen LogP contribution is 2.20. The van der Waals surface area contributed by atoms with Crippen molar-refractivity contribution in [3.63, 3.8) is 0 Å². The first-order valence-electron chi connectivity index (χ1n) is 7.07. The second-order valence-corrected chi connectivity index (χ2v) is 6.81. The molecule has 0 aliphatic heterocycles. The molecule has 1 unspecified atom stereocenters. The van der Waals surface area contributed by atoms with Gasteiger partial charge in [0.25, 0.3) is 5.91 Å². The maximum atomic E-state index is 13.8. The summed E-state index contributed by atoms with van der Waals surface area (Å²) in [6.45, 7) is 0. The Morgan fingerprint density at radius 3 is 2.72 bits per heavy atom. The molecule has 1 amide bonds. The van der Waals surface area contributed by atoms with Gasteiger partial charge in [-0.05, 0) is 30.3 Å². The lowest BCUT2D eigenvalue weighted by atomic mass is 10.3. The van der Waals surface area contributed by atoms with Crippen LogP contribution in [0.2, 0.25) is 5.02 Å². The fourth-order valence-electron chi connectivity index (χ4n) is 2.13. The Bertz CT molecular complexity index is 976. The summed E-state index contributed by atoms with van der Waals surface area (Å²) >= 11 is 6.08. The summed E-state index contributed by atoms with van der Waals surface area (Å²) in [5, 5.41) is 10.7. The second kappa shape index (κ2) is 7.12. The van der Waals surface area contributed by atoms with Gasteiger partial charge in [0.15, 0.2) is 5.69 Å². The average Bonchev–Trinajstić information content (AvgIpc) is 3.05. The Balaban J connectivity index is 1.80. The summed E-state index contributed by atoms with van der Waals surface area (Å²) in [5.41, 5.74) is 0.851. The van der Waals surface area contributed by atoms with Crippen LogP contribution in [0.5, 0.6) is 0 Å². The van der Waals surface area contributed by atoms with E-state index in [1.54, 1.807) is 24.3 Å². The normalized spacial score (nSPS) is 12.0. The van der Waals surface area contributed by atoms with Gasteiger partial charge in [-0.1, -0.05) is 28.9 Å². The Kier molecular flexibility index (Phi) is 4.91. The third-order valence-corrected chi connectivity index (χ3v) is 4.59. The largest absolute Gasteiger partial charge is 0.320 e. The zero-order valence-electron chi connectivity index (χ0n) is 12.9. The van der Waals surface area contributed by atoms with E-state index in [-0.39, 0.29) is 16.3 Å². The van der Waals surface area contributed by atoms with Crippen molar-refractivity contribution < 1.29 is 13.4 Å². The highest BCUT2D eigenvalue weighted by atomic mass is 35.5. The zero-order chi connectivity index (χ0) is 18.0. The average molecular weight is 379 g/mol. The van der Waals surface area contributed by atoms with Crippen LogP contribution in [0, 0.1) is 5.82 Å². The van der Waals surface area contributed by atoms with Crippen LogP contribution in [0.3, 0.4) is 0 Å². The minimum atomic E-state index is -1.44. The van der Waals surface area contributed by atoms with E-state index in [9.17, 15) is 13.4 Å². The predicted molar refractivity (Wildman–Crippen MR) is 93.1 cm³/mol. The lowest BCUT2D eigenvalue weighted by molar-refractivity contribution is 0.102. The molecule has 0 aliphatic rings. The lowest BCUT2D eigenvalue weighted by Gasteiger charge is -2.05. The maximum absolute atomic E-state index is 13.8. The highest BCUT2D eigenvalue weighted by Gasteiger charge is 2.14. The minimum absolute atomic E-state index is 0.0449. The molecule has 1 heterocycles. The number of nitrogens with zero attached hydrogens (tertiary/aromatic N) is 3. The van der Waals surface area contributed by atoms with Gasteiger partial charge in [0.2, 0.25) is 0 Å². The van der Waals surface area contributed by atoms with E-state index in [0.717, 1.165) is 6.07 Å². The van der Waals surface area contributed by atoms with Crippen LogP contribution in [0.4, 0.5) is 10.1 Å². The Morgan fingerprint density at radius 2 is 2.04 bits per heavy atom. The molecule has 1 aromatic heterocycles. The van der Waals surface area contributed by atoms with Crippen LogP contribution < -0.4 is 5.32 Å². The molecule has 25 heavy (non-hydrogen) atoms. The van der Waals surface area contributed by atoms with Gasteiger partial charge in [0.05, 0.1) is 32.6 Å². The van der Waals surface area contributed by atoms with Crippen LogP contribution >= 0.6 is 11.6 Å². The van der Waals surface area contributed by atoms with E-state index < -0.39 is 22.5 Å². The number of anilines is 1. The number of amides is 1. The summed E-state index contributed by atoms with van der Waals surface area (Å²) in [4.78, 5) is 12.3. The number of rotatable bonds is 4. The Hall–Kier alpha value is -2.58. The van der Waals surface area contributed by atoms with Crippen molar-refractivity contribution in [3.8, 4) is 5.69 Å². The van der Waals surface area contributed by atoms with Crippen LogP contribution in [0.25, 0.3) is 5.69 Å². The standard InChI is InChI=1S/C16H12ClFN4O2S/c1-25(24)15-7-6-10(8-12(15)18)19-16(23)13-9-22(21-20-13)14-5-3-2-4-11(14)17/h2-9H,1H3,(H,19,23). The molecule has 6 nitrogen and oxygen atoms in total. The number of carbonyl (C=O) groups excluding carboxylic acids is 1. The fourth-order valence-corrected chi connectivity index (χ4v) is 2.95. The predicted octanol–water partition coefficient (Wildman–Crippen LogP) is 3.05. The highest BCUT2D eigenvalue weighted by molar-refractivity contribution is 7.84. The zero-order valence-corrected chi connectivity index (χ0v) is 14.5. The monoisotopic (exact) mass is 378 g/mol. The molecule has 0 saturated heterocycles. The van der Waals surface area contributed by atoms with Crippen molar-refractivity contribution in [1.29, 1.82) is 0 Å². The van der Waals surface area contributed by atoms with E-state index in [1.165, 1.54) is 29.3 Å². The van der Waals surface area contributed by atoms with Gasteiger partial charge in [0, 0.05) is 11.9 Å². The number of aromatic nitrogens is 3. The van der Waals surface area contributed by atoms with Gasteiger partial charge in [-0.2, -0.15) is 0 Å². The molecule has 128 valence electrons. The van der Waals surface area contributed by atoms with Crippen LogP contribution in [-0.2, 0) is 10.8 Å². The molecule has 3 aromatic rings. The number of halogens is 2. The van der Waals surface area contributed by atoms with E-state index >= 15 is 0 Å². The van der Waals surface area contributed by atoms with Gasteiger partial charge >= 0.3 is 0 Å². The topological polar surface area (TPSA) is 76.9 Å². The first kappa shape index (κ1) is 17.2. The molecule has 1 N–H and O–H groups in total. The Morgan fingerprint density at radius 1 is 1.28 bits per heavy atom. The molecular weight excluding hydrogens is 367 g/mol. The van der Waals surface area contributed by atoms with Crippen molar-refractivity contribution in [2.75, 3.05) is 11.6 Å². The molecule has 0 radical (unpaired) electrons. The SMILES string of the molecule is CS(=O)c1ccc(NC(=O)c2cn(-c3ccccc3Cl)nn2)cc1F. The van der Waals surface area contributed by atoms with Crippen LogP contribution in [0.15, 0.2) is 53.6 Å². The molecule has 9 heteroatoms. The molecule has 0 fully saturated rings. The van der Waals surface area contributed by atoms with Crippen LogP contribution in [0.1, 0.15) is 10.5 Å².